The van der Waals surface area contributed by atoms with Crippen molar-refractivity contribution in [3.8, 4) is 11.4 Å². The Kier molecular flexibility index (Phi) is 4.54. The maximum absolute atomic E-state index is 14.8. The molecule has 3 aromatic rings. The highest BCUT2D eigenvalue weighted by atomic mass is 127. The molecule has 2 N–H and O–H groups in total. The van der Waals surface area contributed by atoms with Crippen molar-refractivity contribution in [2.45, 2.75) is 57.9 Å². The Bertz CT molecular complexity index is 1470. The van der Waals surface area contributed by atoms with Crippen LogP contribution in [-0.4, -0.2) is 20.6 Å². The maximum Gasteiger partial charge on any atom is 0.343 e. The number of aryl methyl sites for hydroxylation is 1. The van der Waals surface area contributed by atoms with Crippen molar-refractivity contribution in [3.63, 3.8) is 0 Å². The summed E-state index contributed by atoms with van der Waals surface area (Å²) in [6.45, 7) is 3.64. The van der Waals surface area contributed by atoms with E-state index in [1.807, 2.05) is 0 Å². The molecule has 33 heavy (non-hydrogen) atoms. The molecule has 1 aliphatic carbocycles. The lowest BCUT2D eigenvalue weighted by Crippen LogP contribution is -2.44. The minimum absolute atomic E-state index is 0.0411. The van der Waals surface area contributed by atoms with E-state index < -0.39 is 11.6 Å². The van der Waals surface area contributed by atoms with Crippen LogP contribution in [0.3, 0.4) is 0 Å². The van der Waals surface area contributed by atoms with Crippen molar-refractivity contribution < 1.29 is 19.0 Å². The average Bonchev–Trinajstić information content (AvgIpc) is 3.18. The predicted molar refractivity (Wildman–Crippen MR) is 127 cm³/mol. The zero-order valence-electron chi connectivity index (χ0n) is 18.1. The van der Waals surface area contributed by atoms with Crippen molar-refractivity contribution in [2.24, 2.45) is 0 Å². The van der Waals surface area contributed by atoms with Crippen molar-refractivity contribution in [2.75, 3.05) is 0 Å². The number of nitrogens with one attached hydrogen (secondary N) is 1. The first-order chi connectivity index (χ1) is 15.8. The van der Waals surface area contributed by atoms with Gasteiger partial charge in [0.05, 0.1) is 29.0 Å². The summed E-state index contributed by atoms with van der Waals surface area (Å²) in [5, 5.41) is 12.0. The molecule has 0 amide bonds. The number of esters is 1. The zero-order valence-corrected chi connectivity index (χ0v) is 20.2. The third-order valence-electron chi connectivity index (χ3n) is 7.51. The van der Waals surface area contributed by atoms with Gasteiger partial charge >= 0.3 is 5.97 Å². The van der Waals surface area contributed by atoms with Gasteiger partial charge in [0.1, 0.15) is 12.4 Å². The van der Waals surface area contributed by atoms with Crippen LogP contribution in [0.1, 0.15) is 59.2 Å². The van der Waals surface area contributed by atoms with E-state index in [0.717, 1.165) is 34.9 Å². The van der Waals surface area contributed by atoms with E-state index in [4.69, 9.17) is 9.72 Å². The molecule has 1 aromatic carbocycles. The van der Waals surface area contributed by atoms with E-state index in [1.165, 1.54) is 6.07 Å². The van der Waals surface area contributed by atoms with Crippen molar-refractivity contribution in [1.29, 1.82) is 0 Å². The van der Waals surface area contributed by atoms with Crippen LogP contribution in [0.25, 0.3) is 22.3 Å². The van der Waals surface area contributed by atoms with E-state index >= 15 is 0 Å². The number of aromatic nitrogens is 2. The Balaban J connectivity index is 1.70. The zero-order chi connectivity index (χ0) is 23.2. The Morgan fingerprint density at radius 2 is 2.12 bits per heavy atom. The molecule has 3 aliphatic rings. The highest BCUT2D eigenvalue weighted by molar-refractivity contribution is 14.1. The van der Waals surface area contributed by atoms with Gasteiger partial charge in [0.15, 0.2) is 5.60 Å². The lowest BCUT2D eigenvalue weighted by Gasteiger charge is -2.31. The summed E-state index contributed by atoms with van der Waals surface area (Å²) in [5.74, 6) is -1.04. The fourth-order valence-electron chi connectivity index (χ4n) is 5.66. The first-order valence-corrected chi connectivity index (χ1v) is 12.1. The van der Waals surface area contributed by atoms with Gasteiger partial charge in [-0.2, -0.15) is 0 Å². The van der Waals surface area contributed by atoms with Crippen LogP contribution >= 0.6 is 22.9 Å². The van der Waals surface area contributed by atoms with Crippen LogP contribution in [0, 0.1) is 12.7 Å². The normalized spacial score (nSPS) is 22.7. The summed E-state index contributed by atoms with van der Waals surface area (Å²) < 4.78 is 24.9. The molecule has 2 aromatic heterocycles. The van der Waals surface area contributed by atoms with E-state index in [2.05, 4.69) is 26.4 Å². The quantitative estimate of drug-likeness (QED) is 0.221. The van der Waals surface area contributed by atoms with Gasteiger partial charge in [-0.1, -0.05) is 6.92 Å². The molecule has 9 heteroatoms. The molecule has 0 saturated carbocycles. The number of benzene rings is 1. The van der Waals surface area contributed by atoms with Crippen LogP contribution in [-0.2, 0) is 34.7 Å². The third-order valence-corrected chi connectivity index (χ3v) is 8.26. The maximum atomic E-state index is 14.8. The van der Waals surface area contributed by atoms with Crippen molar-refractivity contribution in [3.05, 3.63) is 61.7 Å². The largest absolute Gasteiger partial charge is 0.458 e. The smallest absolute Gasteiger partial charge is 0.343 e. The summed E-state index contributed by atoms with van der Waals surface area (Å²) in [5.41, 5.74) is 3.68. The van der Waals surface area contributed by atoms with Gasteiger partial charge in [-0.25, -0.2) is 14.2 Å². The molecule has 0 saturated heterocycles. The summed E-state index contributed by atoms with van der Waals surface area (Å²) in [6.07, 6.45) is 1.64. The molecule has 2 aliphatic heterocycles. The van der Waals surface area contributed by atoms with Crippen LogP contribution in [0.4, 0.5) is 4.39 Å². The fourth-order valence-corrected chi connectivity index (χ4v) is 6.29. The number of cyclic esters (lactones) is 1. The second-order valence-corrected chi connectivity index (χ2v) is 9.63. The molecule has 2 atom stereocenters. The van der Waals surface area contributed by atoms with Gasteiger partial charge in [0, 0.05) is 51.5 Å². The van der Waals surface area contributed by atoms with Crippen LogP contribution < -0.4 is 9.09 Å². The topological polar surface area (TPSA) is 93.5 Å². The highest BCUT2D eigenvalue weighted by Crippen LogP contribution is 2.46. The molecule has 0 radical (unpaired) electrons. The van der Waals surface area contributed by atoms with Crippen molar-refractivity contribution in [1.82, 2.24) is 13.1 Å². The monoisotopic (exact) mass is 561 g/mol. The fraction of sp³-hybridized carbons (Fsp3) is 0.375. The van der Waals surface area contributed by atoms with Gasteiger partial charge in [-0.05, 0) is 48.9 Å². The number of ether oxygens (including phenoxy) is 1. The number of nitrogens with zero attached hydrogens (tertiary/aromatic N) is 2. The molecular formula is C24H21FIN3O4. The van der Waals surface area contributed by atoms with Gasteiger partial charge < -0.3 is 14.4 Å². The van der Waals surface area contributed by atoms with Crippen LogP contribution in [0.2, 0.25) is 0 Å². The number of carbonyl (C=O) groups is 1. The van der Waals surface area contributed by atoms with Crippen LogP contribution in [0.15, 0.2) is 16.9 Å². The van der Waals surface area contributed by atoms with E-state index in [-0.39, 0.29) is 36.0 Å². The average molecular weight is 561 g/mol. The van der Waals surface area contributed by atoms with Crippen LogP contribution in [0.5, 0.6) is 0 Å². The summed E-state index contributed by atoms with van der Waals surface area (Å²) in [7, 11) is 0. The molecule has 7 nitrogen and oxygen atoms in total. The molecule has 0 spiro atoms. The van der Waals surface area contributed by atoms with E-state index in [1.54, 1.807) is 24.5 Å². The number of rotatable bonds is 2. The van der Waals surface area contributed by atoms with E-state index in [9.17, 15) is 19.1 Å². The van der Waals surface area contributed by atoms with E-state index in [0.29, 0.717) is 34.6 Å². The summed E-state index contributed by atoms with van der Waals surface area (Å²) in [4.78, 5) is 30.7. The first-order valence-electron chi connectivity index (χ1n) is 11.0. The van der Waals surface area contributed by atoms with Gasteiger partial charge in [0.2, 0.25) is 0 Å². The Hall–Kier alpha value is -2.37. The number of aliphatic hydroxyl groups is 1. The second kappa shape index (κ2) is 7.07. The highest BCUT2D eigenvalue weighted by Gasteiger charge is 2.45. The molecule has 0 unspecified atom stereocenters. The summed E-state index contributed by atoms with van der Waals surface area (Å²) >= 11 is 2.14. The number of carbonyl (C=O) groups excluding carboxylic acids is 1. The molecular weight excluding hydrogens is 540 g/mol. The Morgan fingerprint density at radius 3 is 2.85 bits per heavy atom. The number of pyridine rings is 2. The lowest BCUT2D eigenvalue weighted by atomic mass is 9.82. The Morgan fingerprint density at radius 1 is 1.33 bits per heavy atom. The minimum Gasteiger partial charge on any atom is -0.458 e. The molecule has 0 fully saturated rings. The summed E-state index contributed by atoms with van der Waals surface area (Å²) in [6, 6.07) is 3.20. The molecule has 0 bridgehead atoms. The van der Waals surface area contributed by atoms with Gasteiger partial charge in [0.25, 0.3) is 5.56 Å². The number of hydrogen-bond acceptors (Lipinski definition) is 6. The Labute approximate surface area is 202 Å². The number of halogens is 2. The number of hydrogen-bond donors (Lipinski definition) is 2. The molecule has 6 rings (SSSR count). The molecule has 170 valence electrons. The standard InChI is InChI=1S/C24H21FIN3O4/c1-3-24(32)14-6-18-21-12(8-29(18)22(30)13(14)9-33-23(24)31)20-16(28-26)5-4-11-10(2)15(25)7-17(27-21)19(11)20/h6-7,16,28,32H,3-5,8-9H2,1-2H3/t16-,24-/m0/s1. The number of fused-ring (bicyclic) bond motifs is 5. The minimum atomic E-state index is -1.88. The lowest BCUT2D eigenvalue weighted by molar-refractivity contribution is -0.172. The van der Waals surface area contributed by atoms with Gasteiger partial charge in [-0.3, -0.25) is 8.32 Å². The molecule has 4 heterocycles. The third kappa shape index (κ3) is 2.64. The second-order valence-electron chi connectivity index (χ2n) is 9.01. The van der Waals surface area contributed by atoms with Gasteiger partial charge in [-0.15, -0.1) is 0 Å². The SMILES string of the molecule is CC[C@@]1(O)C(=O)OCc2c1cc1n(c2=O)Cc2c-1nc1cc(F)c(C)c3c1c2[C@@H](NI)CC3. The predicted octanol–water partition coefficient (Wildman–Crippen LogP) is 3.45. The van der Waals surface area contributed by atoms with Crippen molar-refractivity contribution >= 4 is 39.7 Å². The first kappa shape index (κ1) is 21.2.